The first-order valence-corrected chi connectivity index (χ1v) is 23.9. The van der Waals surface area contributed by atoms with Gasteiger partial charge in [-0.15, -0.1) is 11.3 Å². The molecule has 67 heavy (non-hydrogen) atoms. The van der Waals surface area contributed by atoms with Gasteiger partial charge in [-0.05, 0) is 126 Å². The van der Waals surface area contributed by atoms with E-state index in [1.165, 1.54) is 70.2 Å². The molecule has 0 amide bonds. The highest BCUT2D eigenvalue weighted by atomic mass is 32.1. The molecule has 0 unspecified atom stereocenters. The van der Waals surface area contributed by atoms with Gasteiger partial charge in [0.15, 0.2) is 0 Å². The van der Waals surface area contributed by atoms with Gasteiger partial charge < -0.3 is 14.2 Å². The Morgan fingerprint density at radius 3 is 1.51 bits per heavy atom. The Kier molecular flexibility index (Phi) is 8.20. The molecular weight excluding hydrogens is 833 g/mol. The second kappa shape index (κ2) is 14.4. The Hall–Kier alpha value is -8.18. The van der Waals surface area contributed by atoms with Crippen molar-refractivity contribution in [3.63, 3.8) is 0 Å². The fraction of sp³-hybridized carbons (Fsp3) is 0.0476. The molecule has 0 saturated carbocycles. The average Bonchev–Trinajstić information content (AvgIpc) is 4.12. The lowest BCUT2D eigenvalue weighted by atomic mass is 9.70. The van der Waals surface area contributed by atoms with Crippen molar-refractivity contribution in [2.45, 2.75) is 19.3 Å². The van der Waals surface area contributed by atoms with E-state index in [9.17, 15) is 0 Å². The van der Waals surface area contributed by atoms with Gasteiger partial charge in [-0.1, -0.05) is 157 Å². The Bertz CT molecular complexity index is 3900. The molecular formula is C63H42N2OS. The van der Waals surface area contributed by atoms with E-state index in [0.29, 0.717) is 0 Å². The largest absolute Gasteiger partial charge is 0.455 e. The molecule has 0 N–H and O–H groups in total. The first-order valence-electron chi connectivity index (χ1n) is 23.1. The molecule has 2 heterocycles. The Morgan fingerprint density at radius 2 is 0.881 bits per heavy atom. The van der Waals surface area contributed by atoms with Crippen molar-refractivity contribution in [3.8, 4) is 22.3 Å². The van der Waals surface area contributed by atoms with Crippen LogP contribution in [0.5, 0.6) is 0 Å². The molecule has 2 aliphatic rings. The number of aryl methyl sites for hydroxylation is 2. The molecule has 0 aliphatic heterocycles. The first-order chi connectivity index (χ1) is 33.1. The van der Waals surface area contributed by atoms with E-state index in [-0.39, 0.29) is 0 Å². The van der Waals surface area contributed by atoms with Crippen molar-refractivity contribution in [3.05, 3.63) is 252 Å². The smallest absolute Gasteiger partial charge is 0.145 e. The van der Waals surface area contributed by atoms with Gasteiger partial charge in [0.2, 0.25) is 0 Å². The number of nitrogens with zero attached hydrogens (tertiary/aromatic N) is 2. The molecule has 3 nitrogen and oxygen atoms in total. The highest BCUT2D eigenvalue weighted by Gasteiger charge is 2.54. The summed E-state index contributed by atoms with van der Waals surface area (Å²) in [6.07, 6.45) is 0. The minimum atomic E-state index is -0.711. The molecule has 0 fully saturated rings. The molecule has 2 aliphatic carbocycles. The van der Waals surface area contributed by atoms with E-state index in [1.807, 2.05) is 11.3 Å². The first kappa shape index (κ1) is 38.1. The number of furan rings is 1. The lowest BCUT2D eigenvalue weighted by molar-refractivity contribution is 0.669. The third-order valence-corrected chi connectivity index (χ3v) is 15.6. The zero-order valence-corrected chi connectivity index (χ0v) is 37.8. The summed E-state index contributed by atoms with van der Waals surface area (Å²) in [5.41, 5.74) is 20.1. The maximum absolute atomic E-state index is 7.44. The van der Waals surface area contributed by atoms with Crippen LogP contribution in [-0.2, 0) is 5.41 Å². The second-order valence-corrected chi connectivity index (χ2v) is 19.1. The fourth-order valence-electron chi connectivity index (χ4n) is 11.6. The molecule has 1 spiro atoms. The van der Waals surface area contributed by atoms with Gasteiger partial charge in [-0.25, -0.2) is 0 Å². The summed E-state index contributed by atoms with van der Waals surface area (Å²) in [5.74, 6) is 0. The maximum Gasteiger partial charge on any atom is 0.145 e. The average molecular weight is 875 g/mol. The van der Waals surface area contributed by atoms with Crippen molar-refractivity contribution in [1.82, 2.24) is 0 Å². The van der Waals surface area contributed by atoms with Crippen LogP contribution in [0.2, 0.25) is 0 Å². The van der Waals surface area contributed by atoms with Crippen LogP contribution < -0.4 is 9.80 Å². The lowest BCUT2D eigenvalue weighted by Gasteiger charge is -2.33. The fourth-order valence-corrected chi connectivity index (χ4v) is 12.8. The molecule has 0 radical (unpaired) electrons. The monoisotopic (exact) mass is 874 g/mol. The van der Waals surface area contributed by atoms with Gasteiger partial charge in [0.25, 0.3) is 0 Å². The van der Waals surface area contributed by atoms with E-state index in [1.54, 1.807) is 0 Å². The number of benzene rings is 10. The molecule has 10 aromatic carbocycles. The van der Waals surface area contributed by atoms with Gasteiger partial charge in [-0.2, -0.15) is 0 Å². The molecule has 316 valence electrons. The predicted octanol–water partition coefficient (Wildman–Crippen LogP) is 17.9. The van der Waals surface area contributed by atoms with Gasteiger partial charge in [0.1, 0.15) is 11.2 Å². The van der Waals surface area contributed by atoms with Crippen molar-refractivity contribution in [2.24, 2.45) is 0 Å². The predicted molar refractivity (Wildman–Crippen MR) is 282 cm³/mol. The molecule has 0 bridgehead atoms. The number of fused-ring (bicyclic) bond motifs is 18. The molecule has 0 atom stereocenters. The number of thiophene rings is 1. The van der Waals surface area contributed by atoms with Crippen LogP contribution in [0.15, 0.2) is 223 Å². The van der Waals surface area contributed by atoms with Crippen LogP contribution in [0.4, 0.5) is 34.1 Å². The van der Waals surface area contributed by atoms with E-state index in [2.05, 4.69) is 242 Å². The van der Waals surface area contributed by atoms with E-state index < -0.39 is 5.41 Å². The van der Waals surface area contributed by atoms with Crippen molar-refractivity contribution in [1.29, 1.82) is 0 Å². The summed E-state index contributed by atoms with van der Waals surface area (Å²) in [7, 11) is 0. The van der Waals surface area contributed by atoms with Gasteiger partial charge in [-0.3, -0.25) is 0 Å². The van der Waals surface area contributed by atoms with Gasteiger partial charge in [0, 0.05) is 49.2 Å². The highest BCUT2D eigenvalue weighted by Crippen LogP contribution is 2.68. The standard InChI is InChI=1S/C63H42N2OS/c1-39-29-33-43(34-30-39)64(41-17-5-3-6-18-41)53-37-52-60(61-57(53)47-23-11-15-27-55(47)66-61)59-51(63(52)49-25-13-9-21-45(49)46-22-10-14-26-50(46)63)38-54(62-58(59)48-24-12-16-28-56(48)67-62)65(42-19-7-4-8-20-42)44-35-31-40(2)32-36-44/h3-38H,1-2H3. The summed E-state index contributed by atoms with van der Waals surface area (Å²) >= 11 is 1.89. The summed E-state index contributed by atoms with van der Waals surface area (Å²) in [6, 6.07) is 80.7. The SMILES string of the molecule is Cc1ccc(N(c2ccccc2)c2cc3c(c4c2sc2ccccc24)-c2c(cc(N(c4ccccc4)c4ccc(C)cc4)c4c2oc2ccccc24)C32c3ccccc3-c3ccccc32)cc1. The maximum atomic E-state index is 7.44. The Labute approximate surface area is 393 Å². The topological polar surface area (TPSA) is 19.6 Å². The van der Waals surface area contributed by atoms with Crippen LogP contribution in [0, 0.1) is 13.8 Å². The zero-order chi connectivity index (χ0) is 44.4. The zero-order valence-electron chi connectivity index (χ0n) is 37.0. The second-order valence-electron chi connectivity index (χ2n) is 18.1. The van der Waals surface area contributed by atoms with E-state index in [4.69, 9.17) is 4.42 Å². The summed E-state index contributed by atoms with van der Waals surface area (Å²) in [5, 5.41) is 4.70. The lowest BCUT2D eigenvalue weighted by Crippen LogP contribution is -2.26. The number of para-hydroxylation sites is 3. The summed E-state index contributed by atoms with van der Waals surface area (Å²) in [6.45, 7) is 4.32. The molecule has 12 aromatic rings. The molecule has 14 rings (SSSR count). The number of anilines is 6. The number of rotatable bonds is 6. The minimum Gasteiger partial charge on any atom is -0.455 e. The quantitative estimate of drug-likeness (QED) is 0.166. The Balaban J connectivity index is 1.22. The van der Waals surface area contributed by atoms with Crippen molar-refractivity contribution < 1.29 is 4.42 Å². The molecule has 0 saturated heterocycles. The highest BCUT2D eigenvalue weighted by molar-refractivity contribution is 7.26. The third kappa shape index (κ3) is 5.33. The number of hydrogen-bond acceptors (Lipinski definition) is 4. The van der Waals surface area contributed by atoms with Crippen LogP contribution in [0.25, 0.3) is 64.4 Å². The van der Waals surface area contributed by atoms with Crippen LogP contribution in [-0.4, -0.2) is 0 Å². The van der Waals surface area contributed by atoms with Gasteiger partial charge in [0.05, 0.1) is 26.9 Å². The normalized spacial score (nSPS) is 13.0. The minimum absolute atomic E-state index is 0.711. The molecule has 4 heteroatoms. The summed E-state index contributed by atoms with van der Waals surface area (Å²) < 4.78 is 9.94. The number of hydrogen-bond donors (Lipinski definition) is 0. The Morgan fingerprint density at radius 1 is 0.403 bits per heavy atom. The summed E-state index contributed by atoms with van der Waals surface area (Å²) in [4.78, 5) is 4.93. The third-order valence-electron chi connectivity index (χ3n) is 14.4. The van der Waals surface area contributed by atoms with Crippen LogP contribution >= 0.6 is 11.3 Å². The van der Waals surface area contributed by atoms with E-state index >= 15 is 0 Å². The molecule has 2 aromatic heterocycles. The van der Waals surface area contributed by atoms with Crippen molar-refractivity contribution in [2.75, 3.05) is 9.80 Å². The van der Waals surface area contributed by atoms with Crippen LogP contribution in [0.1, 0.15) is 33.4 Å². The van der Waals surface area contributed by atoms with Crippen molar-refractivity contribution >= 4 is 87.6 Å². The van der Waals surface area contributed by atoms with Gasteiger partial charge >= 0.3 is 0 Å². The van der Waals surface area contributed by atoms with E-state index in [0.717, 1.165) is 61.6 Å². The van der Waals surface area contributed by atoms with Crippen LogP contribution in [0.3, 0.4) is 0 Å².